The first kappa shape index (κ1) is 31.1. The molecule has 0 atom stereocenters. The number of hydrogen-bond donors (Lipinski definition) is 2. The summed E-state index contributed by atoms with van der Waals surface area (Å²) < 4.78 is -0.497. The van der Waals surface area contributed by atoms with E-state index in [1.54, 1.807) is 0 Å². The van der Waals surface area contributed by atoms with Crippen LogP contribution < -0.4 is 5.11 Å². The van der Waals surface area contributed by atoms with Gasteiger partial charge in [-0.2, -0.15) is 0 Å². The van der Waals surface area contributed by atoms with Crippen molar-refractivity contribution in [3.8, 4) is 0 Å². The van der Waals surface area contributed by atoms with Gasteiger partial charge >= 0.3 is 11.9 Å². The van der Waals surface area contributed by atoms with E-state index < -0.39 is 42.0 Å². The Kier molecular flexibility index (Phi) is 19.5. The van der Waals surface area contributed by atoms with Crippen molar-refractivity contribution in [3.63, 3.8) is 0 Å². The Morgan fingerprint density at radius 2 is 1.00 bits per heavy atom. The zero-order valence-electron chi connectivity index (χ0n) is 20.8. The molecule has 0 saturated carbocycles. The highest BCUT2D eigenvalue weighted by molar-refractivity contribution is 5.72. The van der Waals surface area contributed by atoms with Crippen molar-refractivity contribution >= 4 is 17.9 Å². The normalized spacial score (nSPS) is 11.8. The molecular weight excluding hydrogens is 422 g/mol. The number of carbonyl (C=O) groups is 3. The van der Waals surface area contributed by atoms with Gasteiger partial charge in [-0.1, -0.05) is 89.2 Å². The lowest BCUT2D eigenvalue weighted by molar-refractivity contribution is -0.909. The number of aliphatic carboxylic acids is 3. The fourth-order valence-electron chi connectivity index (χ4n) is 4.43. The maximum Gasteiger partial charge on any atom is 0.359 e. The zero-order valence-corrected chi connectivity index (χ0v) is 20.8. The van der Waals surface area contributed by atoms with E-state index >= 15 is 0 Å². The van der Waals surface area contributed by atoms with Crippen molar-refractivity contribution in [1.82, 2.24) is 0 Å². The Morgan fingerprint density at radius 1 is 0.636 bits per heavy atom. The average molecular weight is 470 g/mol. The van der Waals surface area contributed by atoms with E-state index in [4.69, 9.17) is 10.2 Å². The molecule has 0 aliphatic carbocycles. The number of carbonyl (C=O) groups excluding carboxylic acids is 1. The van der Waals surface area contributed by atoms with Crippen LogP contribution in [0, 0.1) is 0 Å². The van der Waals surface area contributed by atoms with Gasteiger partial charge in [0, 0.05) is 0 Å². The number of carboxylic acids is 3. The molecule has 0 rings (SSSR count). The lowest BCUT2D eigenvalue weighted by atomic mass is 10.0. The summed E-state index contributed by atoms with van der Waals surface area (Å²) in [5.41, 5.74) is 0. The van der Waals surface area contributed by atoms with E-state index in [1.165, 1.54) is 77.0 Å². The number of carboxylic acid groups (broad SMARTS) is 3. The third-order valence-electron chi connectivity index (χ3n) is 6.14. The highest BCUT2D eigenvalue weighted by atomic mass is 16.4. The molecule has 0 unspecified atom stereocenters. The van der Waals surface area contributed by atoms with Gasteiger partial charge in [-0.15, -0.1) is 0 Å². The predicted octanol–water partition coefficient (Wildman–Crippen LogP) is 4.54. The summed E-state index contributed by atoms with van der Waals surface area (Å²) in [6.45, 7) is 0.677. The monoisotopic (exact) mass is 469 g/mol. The molecule has 0 amide bonds. The zero-order chi connectivity index (χ0) is 24.8. The minimum absolute atomic E-state index is 0.225. The minimum Gasteiger partial charge on any atom is -0.544 e. The summed E-state index contributed by atoms with van der Waals surface area (Å²) in [7, 11) is 0. The number of allylic oxidation sites excluding steroid dienone is 2. The third kappa shape index (κ3) is 20.4. The molecule has 0 bridgehead atoms. The number of rotatable bonds is 24. The number of nitrogens with zero attached hydrogens (tertiary/aromatic N) is 1. The Balaban J connectivity index is 3.75. The second-order valence-electron chi connectivity index (χ2n) is 9.36. The van der Waals surface area contributed by atoms with Crippen molar-refractivity contribution in [2.45, 2.75) is 110 Å². The maximum atomic E-state index is 11.1. The summed E-state index contributed by atoms with van der Waals surface area (Å²) in [4.78, 5) is 33.3. The van der Waals surface area contributed by atoms with E-state index in [1.807, 2.05) is 0 Å². The molecule has 192 valence electrons. The van der Waals surface area contributed by atoms with Gasteiger partial charge in [-0.05, 0) is 32.6 Å². The van der Waals surface area contributed by atoms with Gasteiger partial charge < -0.3 is 24.6 Å². The molecule has 33 heavy (non-hydrogen) atoms. The van der Waals surface area contributed by atoms with Crippen LogP contribution in [-0.4, -0.2) is 58.8 Å². The number of unbranched alkanes of at least 4 members (excludes halogenated alkanes) is 15. The summed E-state index contributed by atoms with van der Waals surface area (Å²) in [6, 6.07) is 0. The maximum absolute atomic E-state index is 11.1. The first-order valence-corrected chi connectivity index (χ1v) is 12.9. The SMILES string of the molecule is C/C=C/CCCCCCCCCCCCCCCCC[N+](CC(=O)[O-])(CC(=O)O)CC(=O)O. The third-order valence-corrected chi connectivity index (χ3v) is 6.14. The fraction of sp³-hybridized carbons (Fsp3) is 0.808. The first-order valence-electron chi connectivity index (χ1n) is 12.9. The smallest absolute Gasteiger partial charge is 0.359 e. The quantitative estimate of drug-likeness (QED) is 0.122. The van der Waals surface area contributed by atoms with Crippen molar-refractivity contribution in [2.24, 2.45) is 0 Å². The Hall–Kier alpha value is -1.89. The highest BCUT2D eigenvalue weighted by Crippen LogP contribution is 2.15. The molecule has 0 aromatic rings. The van der Waals surface area contributed by atoms with Crippen LogP contribution in [-0.2, 0) is 14.4 Å². The second kappa shape index (κ2) is 20.7. The van der Waals surface area contributed by atoms with Crippen molar-refractivity contribution in [3.05, 3.63) is 12.2 Å². The largest absolute Gasteiger partial charge is 0.544 e. The van der Waals surface area contributed by atoms with Crippen molar-refractivity contribution in [1.29, 1.82) is 0 Å². The van der Waals surface area contributed by atoms with Gasteiger partial charge in [0.05, 0.1) is 12.5 Å². The van der Waals surface area contributed by atoms with Crippen LogP contribution in [0.5, 0.6) is 0 Å². The molecular formula is C26H47NO6. The Bertz CT molecular complexity index is 520. The van der Waals surface area contributed by atoms with E-state index in [9.17, 15) is 19.5 Å². The number of hydrogen-bond acceptors (Lipinski definition) is 4. The molecule has 0 radical (unpaired) electrons. The van der Waals surface area contributed by atoms with Crippen molar-refractivity contribution in [2.75, 3.05) is 26.2 Å². The lowest BCUT2D eigenvalue weighted by Gasteiger charge is -2.36. The van der Waals surface area contributed by atoms with Crippen LogP contribution in [0.2, 0.25) is 0 Å². The van der Waals surface area contributed by atoms with E-state index in [-0.39, 0.29) is 6.54 Å². The molecule has 0 heterocycles. The van der Waals surface area contributed by atoms with Crippen LogP contribution in [0.15, 0.2) is 12.2 Å². The Labute approximate surface area is 200 Å². The summed E-state index contributed by atoms with van der Waals surface area (Å²) in [5.74, 6) is -3.81. The van der Waals surface area contributed by atoms with Gasteiger partial charge in [0.2, 0.25) is 0 Å². The minimum atomic E-state index is -1.42. The topological polar surface area (TPSA) is 115 Å². The van der Waals surface area contributed by atoms with Gasteiger partial charge in [-0.25, -0.2) is 9.59 Å². The van der Waals surface area contributed by atoms with Crippen LogP contribution in [0.25, 0.3) is 0 Å². The van der Waals surface area contributed by atoms with Gasteiger partial charge in [-0.3, -0.25) is 0 Å². The van der Waals surface area contributed by atoms with Gasteiger partial charge in [0.25, 0.3) is 0 Å². The van der Waals surface area contributed by atoms with Crippen molar-refractivity contribution < 1.29 is 34.2 Å². The fourth-order valence-corrected chi connectivity index (χ4v) is 4.43. The van der Waals surface area contributed by atoms with Crippen LogP contribution in [0.3, 0.4) is 0 Å². The second-order valence-corrected chi connectivity index (χ2v) is 9.36. The molecule has 0 saturated heterocycles. The molecule has 7 nitrogen and oxygen atoms in total. The van der Waals surface area contributed by atoms with Crippen LogP contribution in [0.4, 0.5) is 0 Å². The standard InChI is InChI=1S/C26H47NO6/c1-2-3-4-5-6-7-8-9-10-11-12-13-14-15-16-17-18-19-20-27(21-24(28)29,22-25(30)31)23-26(32)33/h2-3H,4-23H2,1H3,(H2-,28,29,30,31,32,33)/b3-2+. The molecule has 7 heteroatoms. The first-order chi connectivity index (χ1) is 15.8. The molecule has 0 aliphatic heterocycles. The Morgan fingerprint density at radius 3 is 1.33 bits per heavy atom. The molecule has 0 fully saturated rings. The summed E-state index contributed by atoms with van der Waals surface area (Å²) >= 11 is 0. The van der Waals surface area contributed by atoms with E-state index in [0.29, 0.717) is 6.42 Å². The molecule has 0 aromatic heterocycles. The van der Waals surface area contributed by atoms with E-state index in [2.05, 4.69) is 19.1 Å². The van der Waals surface area contributed by atoms with E-state index in [0.717, 1.165) is 19.3 Å². The molecule has 2 N–H and O–H groups in total. The molecule has 0 aliphatic rings. The van der Waals surface area contributed by atoms with Gasteiger partial charge in [0.15, 0.2) is 13.1 Å². The lowest BCUT2D eigenvalue weighted by Crippen LogP contribution is -2.59. The average Bonchev–Trinajstić information content (AvgIpc) is 2.71. The van der Waals surface area contributed by atoms with Crippen LogP contribution in [0.1, 0.15) is 110 Å². The highest BCUT2D eigenvalue weighted by Gasteiger charge is 2.33. The number of quaternary nitrogens is 1. The summed E-state index contributed by atoms with van der Waals surface area (Å²) in [6.07, 6.45) is 23.5. The molecule has 0 aromatic carbocycles. The predicted molar refractivity (Wildman–Crippen MR) is 129 cm³/mol. The summed E-state index contributed by atoms with van der Waals surface area (Å²) in [5, 5.41) is 29.3. The van der Waals surface area contributed by atoms with Gasteiger partial charge in [0.1, 0.15) is 6.54 Å². The van der Waals surface area contributed by atoms with Crippen LogP contribution >= 0.6 is 0 Å². The molecule has 0 spiro atoms.